The average Bonchev–Trinajstić information content (AvgIpc) is 3.34. The van der Waals surface area contributed by atoms with Gasteiger partial charge >= 0.3 is 18.0 Å². The molecule has 0 radical (unpaired) electrons. The highest BCUT2D eigenvalue weighted by Crippen LogP contribution is 2.44. The first-order valence-electron chi connectivity index (χ1n) is 16.3. The largest absolute Gasteiger partial charge is 0.497 e. The number of fused-ring (bicyclic) bond motifs is 3. The summed E-state index contributed by atoms with van der Waals surface area (Å²) >= 11 is 0. The molecule has 1 atom stereocenters. The predicted molar refractivity (Wildman–Crippen MR) is 187 cm³/mol. The number of alkyl carbamates (subject to hydrolysis) is 1. The minimum absolute atomic E-state index is 0.0126. The van der Waals surface area contributed by atoms with Crippen LogP contribution >= 0.6 is 0 Å². The number of benzene rings is 3. The third kappa shape index (κ3) is 10.7. The Morgan fingerprint density at radius 1 is 0.796 bits per heavy atom. The summed E-state index contributed by atoms with van der Waals surface area (Å²) in [5, 5.41) is 2.58. The second-order valence-electron chi connectivity index (χ2n) is 13.8. The predicted octanol–water partition coefficient (Wildman–Crippen LogP) is 6.52. The molecule has 0 unspecified atom stereocenters. The van der Waals surface area contributed by atoms with E-state index in [0.717, 1.165) is 27.8 Å². The van der Waals surface area contributed by atoms with Gasteiger partial charge in [-0.05, 0) is 81.5 Å². The van der Waals surface area contributed by atoms with Crippen LogP contribution in [0, 0.1) is 0 Å². The van der Waals surface area contributed by atoms with Crippen molar-refractivity contribution in [3.63, 3.8) is 0 Å². The summed E-state index contributed by atoms with van der Waals surface area (Å²) in [6, 6.07) is 21.8. The Balaban J connectivity index is 1.54. The number of nitrogens with one attached hydrogen (secondary N) is 1. The van der Waals surface area contributed by atoms with E-state index in [-0.39, 0.29) is 19.1 Å². The Morgan fingerprint density at radius 3 is 1.90 bits per heavy atom. The molecule has 0 aliphatic heterocycles. The normalized spacial score (nSPS) is 13.2. The lowest BCUT2D eigenvalue weighted by atomic mass is 9.98. The third-order valence-electron chi connectivity index (χ3n) is 7.53. The standard InChI is InChI=1S/C39H46N2O8/c1-38(2,3)48-34(42)23-33(40-37(45)47-25-32-30-16-10-8-14-28(30)29-15-9-11-17-31(29)32)36(44)41(24-35(43)49-39(4,5)6)22-12-13-26-18-20-27(46-7)21-19-26/h8-21,32-33H,22-25H2,1-7H3,(H,40,45)/b13-12+/t33-/m1/s1. The molecule has 1 aliphatic carbocycles. The number of hydrogen-bond acceptors (Lipinski definition) is 8. The van der Waals surface area contributed by atoms with Crippen LogP contribution in [0.3, 0.4) is 0 Å². The van der Waals surface area contributed by atoms with E-state index in [1.54, 1.807) is 72.9 Å². The number of amides is 2. The van der Waals surface area contributed by atoms with E-state index in [1.165, 1.54) is 4.90 Å². The summed E-state index contributed by atoms with van der Waals surface area (Å²) < 4.78 is 21.9. The lowest BCUT2D eigenvalue weighted by Crippen LogP contribution is -2.51. The van der Waals surface area contributed by atoms with Gasteiger partial charge in [0.25, 0.3) is 0 Å². The number of rotatable bonds is 12. The van der Waals surface area contributed by atoms with Gasteiger partial charge in [-0.2, -0.15) is 0 Å². The first-order chi connectivity index (χ1) is 23.1. The summed E-state index contributed by atoms with van der Waals surface area (Å²) in [6.07, 6.45) is 2.14. The quantitative estimate of drug-likeness (QED) is 0.171. The van der Waals surface area contributed by atoms with Crippen molar-refractivity contribution < 1.29 is 38.1 Å². The molecule has 1 aliphatic rings. The van der Waals surface area contributed by atoms with Crippen LogP contribution in [0.4, 0.5) is 4.79 Å². The molecule has 3 aromatic carbocycles. The molecule has 0 aromatic heterocycles. The molecule has 0 saturated carbocycles. The molecule has 260 valence electrons. The van der Waals surface area contributed by atoms with Crippen molar-refractivity contribution in [3.05, 3.63) is 95.6 Å². The zero-order chi connectivity index (χ0) is 35.8. The smallest absolute Gasteiger partial charge is 0.407 e. The lowest BCUT2D eigenvalue weighted by Gasteiger charge is -2.28. The van der Waals surface area contributed by atoms with Crippen molar-refractivity contribution in [3.8, 4) is 16.9 Å². The fraction of sp³-hybridized carbons (Fsp3) is 0.385. The Morgan fingerprint density at radius 2 is 1.35 bits per heavy atom. The van der Waals surface area contributed by atoms with E-state index < -0.39 is 54.1 Å². The number of carbonyl (C=O) groups is 4. The summed E-state index contributed by atoms with van der Waals surface area (Å²) in [5.41, 5.74) is 3.44. The van der Waals surface area contributed by atoms with E-state index in [9.17, 15) is 19.2 Å². The minimum atomic E-state index is -1.39. The van der Waals surface area contributed by atoms with Crippen molar-refractivity contribution >= 4 is 30.0 Å². The summed E-state index contributed by atoms with van der Waals surface area (Å²) in [6.45, 7) is 9.89. The monoisotopic (exact) mass is 670 g/mol. The van der Waals surface area contributed by atoms with E-state index in [2.05, 4.69) is 5.32 Å². The Hall–Kier alpha value is -5.12. The maximum absolute atomic E-state index is 14.1. The SMILES string of the molecule is COc1ccc(/C=C/CN(CC(=O)OC(C)(C)C)C(=O)[C@@H](CC(=O)OC(C)(C)C)NC(=O)OCC2c3ccccc3-c3ccccc32)cc1. The van der Waals surface area contributed by atoms with Crippen molar-refractivity contribution in [2.45, 2.75) is 71.1 Å². The topological polar surface area (TPSA) is 120 Å². The number of hydrogen-bond donors (Lipinski definition) is 1. The van der Waals surface area contributed by atoms with Gasteiger partial charge in [-0.25, -0.2) is 4.79 Å². The number of nitrogens with zero attached hydrogens (tertiary/aromatic N) is 1. The van der Waals surface area contributed by atoms with E-state index in [4.69, 9.17) is 18.9 Å². The van der Waals surface area contributed by atoms with Gasteiger partial charge in [-0.1, -0.05) is 72.8 Å². The van der Waals surface area contributed by atoms with Crippen LogP contribution in [0.25, 0.3) is 17.2 Å². The average molecular weight is 671 g/mol. The van der Waals surface area contributed by atoms with Gasteiger partial charge in [0.15, 0.2) is 0 Å². The Labute approximate surface area is 288 Å². The molecule has 2 amide bonds. The molecule has 3 aromatic rings. The van der Waals surface area contributed by atoms with Crippen LogP contribution < -0.4 is 10.1 Å². The fourth-order valence-electron chi connectivity index (χ4n) is 5.55. The molecular formula is C39H46N2O8. The molecule has 0 fully saturated rings. The summed E-state index contributed by atoms with van der Waals surface area (Å²) in [5.74, 6) is -1.52. The highest BCUT2D eigenvalue weighted by molar-refractivity contribution is 5.92. The third-order valence-corrected chi connectivity index (χ3v) is 7.53. The molecule has 10 heteroatoms. The molecule has 0 saturated heterocycles. The molecule has 4 rings (SSSR count). The molecule has 0 bridgehead atoms. The highest BCUT2D eigenvalue weighted by atomic mass is 16.6. The highest BCUT2D eigenvalue weighted by Gasteiger charge is 2.34. The van der Waals surface area contributed by atoms with Gasteiger partial charge in [-0.3, -0.25) is 14.4 Å². The van der Waals surface area contributed by atoms with Crippen molar-refractivity contribution in [2.24, 2.45) is 0 Å². The molecule has 0 spiro atoms. The first kappa shape index (κ1) is 36.7. The van der Waals surface area contributed by atoms with Gasteiger partial charge in [0.2, 0.25) is 5.91 Å². The van der Waals surface area contributed by atoms with E-state index >= 15 is 0 Å². The van der Waals surface area contributed by atoms with Gasteiger partial charge in [0.05, 0.1) is 13.5 Å². The number of methoxy groups -OCH3 is 1. The second-order valence-corrected chi connectivity index (χ2v) is 13.8. The zero-order valence-corrected chi connectivity index (χ0v) is 29.3. The van der Waals surface area contributed by atoms with Crippen LogP contribution in [0.5, 0.6) is 5.75 Å². The maximum atomic E-state index is 14.1. The van der Waals surface area contributed by atoms with E-state index in [0.29, 0.717) is 5.75 Å². The molecule has 10 nitrogen and oxygen atoms in total. The van der Waals surface area contributed by atoms with Crippen molar-refractivity contribution in [1.82, 2.24) is 10.2 Å². The van der Waals surface area contributed by atoms with Gasteiger partial charge in [-0.15, -0.1) is 0 Å². The van der Waals surface area contributed by atoms with Gasteiger partial charge in [0, 0.05) is 12.5 Å². The molecule has 1 N–H and O–H groups in total. The van der Waals surface area contributed by atoms with E-state index in [1.807, 2.05) is 60.7 Å². The maximum Gasteiger partial charge on any atom is 0.407 e. The van der Waals surface area contributed by atoms with Crippen LogP contribution in [-0.4, -0.2) is 72.9 Å². The van der Waals surface area contributed by atoms with Gasteiger partial charge in [0.1, 0.15) is 36.1 Å². The number of ether oxygens (including phenoxy) is 4. The fourth-order valence-corrected chi connectivity index (χ4v) is 5.55. The van der Waals surface area contributed by atoms with Crippen molar-refractivity contribution in [1.29, 1.82) is 0 Å². The van der Waals surface area contributed by atoms with Crippen LogP contribution in [0.1, 0.15) is 70.6 Å². The summed E-state index contributed by atoms with van der Waals surface area (Å²) in [4.78, 5) is 54.5. The van der Waals surface area contributed by atoms with Gasteiger partial charge < -0.3 is 29.2 Å². The molecule has 49 heavy (non-hydrogen) atoms. The Kier molecular flexibility index (Phi) is 11.9. The summed E-state index contributed by atoms with van der Waals surface area (Å²) in [7, 11) is 1.58. The number of esters is 2. The Bertz CT molecular complexity index is 1620. The zero-order valence-electron chi connectivity index (χ0n) is 29.3. The van der Waals surface area contributed by atoms with Crippen LogP contribution in [-0.2, 0) is 28.6 Å². The lowest BCUT2D eigenvalue weighted by molar-refractivity contribution is -0.160. The second kappa shape index (κ2) is 15.9. The number of carbonyl (C=O) groups excluding carboxylic acids is 4. The van der Waals surface area contributed by atoms with Crippen LogP contribution in [0.15, 0.2) is 78.9 Å². The first-order valence-corrected chi connectivity index (χ1v) is 16.3. The molecule has 0 heterocycles. The molecular weight excluding hydrogens is 624 g/mol. The minimum Gasteiger partial charge on any atom is -0.497 e. The van der Waals surface area contributed by atoms with Crippen LogP contribution in [0.2, 0.25) is 0 Å². The van der Waals surface area contributed by atoms with Crippen molar-refractivity contribution in [2.75, 3.05) is 26.8 Å².